The molecule has 9 rings (SSSR count). The second-order valence-electron chi connectivity index (χ2n) is 37.1. The molecule has 12 N–H and O–H groups in total. The number of nitrogens with one attached hydrogen (secondary N) is 10. The number of benzene rings is 3. The van der Waals surface area contributed by atoms with Gasteiger partial charge in [0.05, 0.1) is 44.3 Å². The topological polar surface area (TPSA) is 607 Å². The first-order valence-electron chi connectivity index (χ1n) is 46.9. The number of carbonyl (C=O) groups is 20. The highest BCUT2D eigenvalue weighted by molar-refractivity contribution is 6.04. The lowest BCUT2D eigenvalue weighted by atomic mass is 9.97. The average molecular weight is 2000 g/mol. The van der Waals surface area contributed by atoms with Crippen molar-refractivity contribution in [2.45, 2.75) is 226 Å². The Balaban J connectivity index is 0.988. The van der Waals surface area contributed by atoms with Crippen molar-refractivity contribution in [2.75, 3.05) is 99.5 Å². The van der Waals surface area contributed by atoms with Crippen LogP contribution >= 0.6 is 0 Å². The predicted molar refractivity (Wildman–Crippen MR) is 509 cm³/mol. The van der Waals surface area contributed by atoms with Crippen LogP contribution in [0.2, 0.25) is 0 Å². The number of rotatable bonds is 25. The number of fused-ring (bicyclic) bond motifs is 4. The van der Waals surface area contributed by atoms with Gasteiger partial charge in [-0.1, -0.05) is 90.1 Å². The van der Waals surface area contributed by atoms with E-state index in [0.717, 1.165) is 52.4 Å². The third kappa shape index (κ3) is 30.8. The number of amides is 17. The fourth-order valence-electron chi connectivity index (χ4n) is 16.7. The van der Waals surface area contributed by atoms with E-state index in [2.05, 4.69) is 58.2 Å². The number of anilines is 1. The van der Waals surface area contributed by atoms with Crippen molar-refractivity contribution in [3.63, 3.8) is 0 Å². The zero-order chi connectivity index (χ0) is 105. The van der Waals surface area contributed by atoms with Crippen LogP contribution in [0.3, 0.4) is 0 Å². The minimum absolute atomic E-state index is 0.0180. The molecule has 0 unspecified atom stereocenters. The number of methoxy groups -OCH3 is 1. The van der Waals surface area contributed by atoms with Crippen LogP contribution in [0.1, 0.15) is 161 Å². The predicted octanol–water partition coefficient (Wildman–Crippen LogP) is 0.875. The van der Waals surface area contributed by atoms with E-state index in [4.69, 9.17) is 48.6 Å². The van der Waals surface area contributed by atoms with Crippen molar-refractivity contribution in [3.05, 3.63) is 102 Å². The molecule has 17 amide bonds. The number of piperidine rings is 2. The van der Waals surface area contributed by atoms with Crippen LogP contribution in [0.4, 0.5) is 15.3 Å². The molecule has 0 aliphatic carbocycles. The number of hydrogen-bond donors (Lipinski definition) is 11. The number of esters is 4. The molecule has 47 nitrogen and oxygen atoms in total. The molecule has 2 aromatic heterocycles. The maximum atomic E-state index is 15.6. The lowest BCUT2D eigenvalue weighted by molar-refractivity contribution is -0.282. The minimum atomic E-state index is -2.06. The number of aromatic nitrogens is 2. The molecular formula is C96H129N19O28. The summed E-state index contributed by atoms with van der Waals surface area (Å²) in [6.45, 7) is 12.8. The second kappa shape index (κ2) is 50.9. The molecule has 47 heteroatoms. The van der Waals surface area contributed by atoms with E-state index in [1.165, 1.54) is 51.3 Å². The number of urea groups is 1. The van der Waals surface area contributed by atoms with Crippen LogP contribution in [0.5, 0.6) is 11.5 Å². The standard InChI is InChI=1S/C96H129N19O28/c1-50(2)73(109-95(135)143-96(10,11)12)85(126)106-62(31-26-38-98-94(97)134)82(123)103-59-36-34-56(35-37-59)49-137-67-41-57-27-18-20-29-60(57)104-74(67)86(127)107-63-43-99-88(129)76(51(3)4)112(15)71(121)47-110(13)70(120)46-102-84(125)66-33-23-25-40-115(66)91(132)64(44-100-89(130)77(52(5)6)113(16)72(122)48-111(14)69(119)45-101-83(124)65-32-22-24-39-114(65)90(63)131)108-87(128)75-68(42-58-28-19-21-30-61(58)105-75)141-93-81(140-55(9)118)79(139-54(8)117)78(138-53(7)116)80(142-93)92(133)136-17/h18-21,27-30,34-37,41-42,50-52,62-66,73,76-81,93H,22-26,31-33,38-40,43-49H2,1-17H3,(H,99,129)(H,100,130)(H,101,124)(H,102,125)(H,103,123)(H,106,126)(H,107,127)(H,108,128)(H,109,135)(H3,97,98,134)/t62-,63+,64+,65-,66-,73-,76-,77-,78-,79-,80-,81+,93+/m0/s1. The summed E-state index contributed by atoms with van der Waals surface area (Å²) in [6, 6.07) is 9.81. The molecule has 13 atom stereocenters. The first kappa shape index (κ1) is 112. The van der Waals surface area contributed by atoms with E-state index in [9.17, 15) is 76.7 Å². The van der Waals surface area contributed by atoms with Gasteiger partial charge in [-0.3, -0.25) is 81.5 Å². The summed E-state index contributed by atoms with van der Waals surface area (Å²) in [6.07, 6.45) is -8.96. The first-order chi connectivity index (χ1) is 67.5. The Bertz CT molecular complexity index is 5560. The monoisotopic (exact) mass is 2000 g/mol. The molecule has 4 fully saturated rings. The summed E-state index contributed by atoms with van der Waals surface area (Å²) < 4.78 is 45.7. The highest BCUT2D eigenvalue weighted by atomic mass is 16.7. The van der Waals surface area contributed by atoms with Gasteiger partial charge >= 0.3 is 36.0 Å². The molecule has 143 heavy (non-hydrogen) atoms. The average Bonchev–Trinajstić information content (AvgIpc) is 0.759. The summed E-state index contributed by atoms with van der Waals surface area (Å²) in [4.78, 5) is 298. The van der Waals surface area contributed by atoms with E-state index in [1.54, 1.807) is 129 Å². The number of ether oxygens (including phenoxy) is 8. The summed E-state index contributed by atoms with van der Waals surface area (Å²) in [5.41, 5.74) is 4.60. The van der Waals surface area contributed by atoms with Crippen LogP contribution in [0.25, 0.3) is 21.8 Å². The van der Waals surface area contributed by atoms with E-state index in [0.29, 0.717) is 41.1 Å². The number of nitrogens with two attached hydrogens (primary N) is 1. The Morgan fingerprint density at radius 2 is 1.01 bits per heavy atom. The van der Waals surface area contributed by atoms with Crippen LogP contribution < -0.4 is 68.4 Å². The van der Waals surface area contributed by atoms with Crippen LogP contribution in [0, 0.1) is 17.8 Å². The Morgan fingerprint density at radius 1 is 0.552 bits per heavy atom. The number of hydrogen-bond acceptors (Lipinski definition) is 30. The highest BCUT2D eigenvalue weighted by Gasteiger charge is 2.57. The van der Waals surface area contributed by atoms with Gasteiger partial charge in [0.15, 0.2) is 41.2 Å². The number of nitrogens with zero attached hydrogens (tertiary/aromatic N) is 8. The Hall–Kier alpha value is -15.0. The van der Waals surface area contributed by atoms with Gasteiger partial charge in [0, 0.05) is 98.1 Å². The lowest BCUT2D eigenvalue weighted by Crippen LogP contribution is -2.64. The summed E-state index contributed by atoms with van der Waals surface area (Å²) in [7, 11) is 6.03. The van der Waals surface area contributed by atoms with Crippen LogP contribution in [-0.4, -0.2) is 337 Å². The van der Waals surface area contributed by atoms with Gasteiger partial charge in [-0.2, -0.15) is 0 Å². The van der Waals surface area contributed by atoms with Crippen LogP contribution in [0.15, 0.2) is 84.9 Å². The molecule has 0 radical (unpaired) electrons. The third-order valence-corrected chi connectivity index (χ3v) is 23.9. The number of likely N-dealkylation sites (N-methyl/N-ethyl adjacent to an activating group) is 4. The van der Waals surface area contributed by atoms with Gasteiger partial charge in [-0.05, 0) is 132 Å². The molecular weight excluding hydrogens is 1870 g/mol. The Labute approximate surface area is 825 Å². The number of primary amides is 1. The van der Waals surface area contributed by atoms with Crippen molar-refractivity contribution >= 4 is 146 Å². The Morgan fingerprint density at radius 3 is 1.47 bits per heavy atom. The quantitative estimate of drug-likeness (QED) is 0.0219. The SMILES string of the molecule is COC(=O)[C@H]1O[C@@H](Oc2cc3ccccc3nc2C(=O)N[C@@H]2CNC(=O)[C@H](C(C)C)N(C)C(=O)CN(C)C(=O)CNC(=O)[C@@H]3CCCCN3C(=O)[C@H](NC(=O)c3nc4ccccc4cc3OCc3ccc(NC(=O)[C@H](CCCNC(N)=O)NC(=O)[C@@H](NC(=O)OC(C)(C)C)C(C)C)cc3)CNC(=O)[C@H](C(C)C)N(C)C(=O)CN(C)C(=O)CNC(=O)[C@@H]3CCCCN3C2=O)[C@H](OC(C)=O)[C@@H](OC(C)=O)[C@@H]1OC(C)=O. The molecule has 776 valence electrons. The van der Waals surface area contributed by atoms with E-state index >= 15 is 19.2 Å². The molecule has 4 aliphatic heterocycles. The van der Waals surface area contributed by atoms with Gasteiger partial charge in [0.1, 0.15) is 60.5 Å². The second-order valence-corrected chi connectivity index (χ2v) is 37.1. The van der Waals surface area contributed by atoms with E-state index < -0.39 is 272 Å². The minimum Gasteiger partial charge on any atom is -0.486 e. The van der Waals surface area contributed by atoms with Crippen molar-refractivity contribution in [2.24, 2.45) is 23.5 Å². The maximum Gasteiger partial charge on any atom is 0.408 e. The smallest absolute Gasteiger partial charge is 0.408 e. The van der Waals surface area contributed by atoms with Crippen molar-refractivity contribution in [1.82, 2.24) is 87.2 Å². The molecule has 4 aliphatic rings. The van der Waals surface area contributed by atoms with Gasteiger partial charge in [0.25, 0.3) is 11.8 Å². The maximum absolute atomic E-state index is 15.6. The zero-order valence-corrected chi connectivity index (χ0v) is 83.1. The van der Waals surface area contributed by atoms with Gasteiger partial charge in [-0.15, -0.1) is 0 Å². The van der Waals surface area contributed by atoms with E-state index in [1.807, 2.05) is 0 Å². The first-order valence-corrected chi connectivity index (χ1v) is 46.9. The molecule has 0 saturated carbocycles. The normalized spacial score (nSPS) is 22.1. The Kier molecular flexibility index (Phi) is 39.8. The van der Waals surface area contributed by atoms with Gasteiger partial charge in [0.2, 0.25) is 83.3 Å². The lowest BCUT2D eigenvalue weighted by Gasteiger charge is -2.43. The summed E-state index contributed by atoms with van der Waals surface area (Å²) in [5, 5.41) is 27.2. The van der Waals surface area contributed by atoms with Crippen molar-refractivity contribution in [3.8, 4) is 11.5 Å². The van der Waals surface area contributed by atoms with Crippen molar-refractivity contribution in [1.29, 1.82) is 0 Å². The summed E-state index contributed by atoms with van der Waals surface area (Å²) >= 11 is 0. The number of pyridine rings is 2. The fraction of sp³-hybridized carbons (Fsp3) is 0.542. The molecule has 3 aromatic carbocycles. The van der Waals surface area contributed by atoms with Crippen molar-refractivity contribution < 1.29 is 134 Å². The molecule has 6 heterocycles. The molecule has 4 saturated heterocycles. The number of alkyl carbamates (subject to hydrolysis) is 1. The molecule has 0 bridgehead atoms. The molecule has 5 aromatic rings. The molecule has 0 spiro atoms. The largest absolute Gasteiger partial charge is 0.486 e. The zero-order valence-electron chi connectivity index (χ0n) is 83.1. The fourth-order valence-corrected chi connectivity index (χ4v) is 16.7. The number of carbonyl (C=O) groups excluding carboxylic acids is 20. The summed E-state index contributed by atoms with van der Waals surface area (Å²) in [5.74, 6) is -19.0. The third-order valence-electron chi connectivity index (χ3n) is 23.9. The number of para-hydroxylation sites is 2. The van der Waals surface area contributed by atoms with Gasteiger partial charge in [-0.25, -0.2) is 24.4 Å². The van der Waals surface area contributed by atoms with Crippen LogP contribution in [-0.2, 0) is 112 Å². The van der Waals surface area contributed by atoms with Gasteiger partial charge < -0.3 is 126 Å². The van der Waals surface area contributed by atoms with E-state index in [-0.39, 0.29) is 81.0 Å². The highest BCUT2D eigenvalue weighted by Crippen LogP contribution is 2.35.